The van der Waals surface area contributed by atoms with Crippen LogP contribution in [0, 0.1) is 0 Å². The molecule has 2 heterocycles. The number of rotatable bonds is 15. The minimum absolute atomic E-state index is 0. The zero-order valence-corrected chi connectivity index (χ0v) is 37.3. The Morgan fingerprint density at radius 1 is 0.672 bits per heavy atom. The number of halogens is 2. The van der Waals surface area contributed by atoms with Gasteiger partial charge in [-0.05, 0) is 80.9 Å². The van der Waals surface area contributed by atoms with Crippen LogP contribution in [0.1, 0.15) is 102 Å². The van der Waals surface area contributed by atoms with E-state index in [1.54, 1.807) is 58.0 Å². The first-order chi connectivity index (χ1) is 29.2. The normalized spacial score (nSPS) is 14.7. The lowest BCUT2D eigenvalue weighted by Crippen LogP contribution is -2.54. The average molecular weight is 928 g/mol. The summed E-state index contributed by atoms with van der Waals surface area (Å²) in [4.78, 5) is 68.5. The number of benzene rings is 2. The van der Waals surface area contributed by atoms with Gasteiger partial charge < -0.3 is 43.9 Å². The smallest absolute Gasteiger partial charge is 0.408 e. The van der Waals surface area contributed by atoms with Crippen molar-refractivity contribution in [2.75, 3.05) is 13.6 Å². The van der Waals surface area contributed by atoms with E-state index in [1.807, 2.05) is 70.1 Å². The van der Waals surface area contributed by atoms with Crippen LogP contribution < -0.4 is 11.1 Å². The summed E-state index contributed by atoms with van der Waals surface area (Å²) in [6, 6.07) is 15.5. The van der Waals surface area contributed by atoms with Crippen LogP contribution in [-0.2, 0) is 56.0 Å². The summed E-state index contributed by atoms with van der Waals surface area (Å²) in [5.74, 6) is -2.37. The summed E-state index contributed by atoms with van der Waals surface area (Å²) in [7, 11) is 0. The number of hydrogen-bond acceptors (Lipinski definition) is 13. The Morgan fingerprint density at radius 3 is 1.50 bits per heavy atom. The van der Waals surface area contributed by atoms with Gasteiger partial charge in [0.2, 0.25) is 13.6 Å². The maximum absolute atomic E-state index is 12.7. The van der Waals surface area contributed by atoms with Gasteiger partial charge in [0, 0.05) is 50.0 Å². The molecule has 2 aliphatic carbocycles. The molecule has 0 spiro atoms. The van der Waals surface area contributed by atoms with Crippen molar-refractivity contribution in [3.05, 3.63) is 120 Å². The molecule has 3 N–H and O–H groups in total. The van der Waals surface area contributed by atoms with Gasteiger partial charge in [-0.25, -0.2) is 33.9 Å². The Balaban J connectivity index is 0.000000430. The van der Waals surface area contributed by atoms with Crippen molar-refractivity contribution >= 4 is 66.9 Å². The van der Waals surface area contributed by atoms with Gasteiger partial charge in [-0.3, -0.25) is 0 Å². The highest BCUT2D eigenvalue weighted by molar-refractivity contribution is 5.89. The first-order valence-electron chi connectivity index (χ1n) is 20.1. The Hall–Kier alpha value is -5.97. The van der Waals surface area contributed by atoms with Gasteiger partial charge in [0.25, 0.3) is 0 Å². The lowest BCUT2D eigenvalue weighted by molar-refractivity contribution is -0.170. The van der Waals surface area contributed by atoms with Gasteiger partial charge in [0.15, 0.2) is 0 Å². The summed E-state index contributed by atoms with van der Waals surface area (Å²) in [5.41, 5.74) is 7.12. The molecule has 0 atom stereocenters. The number of hydrogen-bond donors (Lipinski definition) is 2. The third-order valence-electron chi connectivity index (χ3n) is 9.90. The standard InChI is InChI=1S/C25H31N3O6.C20H23N3O4.CH4.2ClH/c1-24(2,3)34-23(31)27-25(12-4-5-13-25)22(30)33-18-32-21(29)11-10-19-6-8-20(9-7-19)16-28-15-14-26-17-28;21-20(9-1-2-10-20)19(25)27-15-26-18(24)8-7-16-3-5-17(6-4-16)13-23-12-11-22-14-23;;;/h6-11,14-15,17H,4-5,12-13,16,18H2,1-3H3,(H,27,31);3-8,11-12,14H,1-2,9-10,13,15,21H2;1H4;2*1H/b11-10+;8-7+;;;. The molecule has 1 amide bonds. The molecule has 18 heteroatoms. The second-order valence-electron chi connectivity index (χ2n) is 15.9. The fourth-order valence-corrected chi connectivity index (χ4v) is 6.71. The van der Waals surface area contributed by atoms with Crippen LogP contribution in [0.25, 0.3) is 12.2 Å². The molecule has 2 aliphatic rings. The van der Waals surface area contributed by atoms with E-state index < -0.39 is 60.2 Å². The first-order valence-corrected chi connectivity index (χ1v) is 20.1. The second kappa shape index (κ2) is 26.0. The van der Waals surface area contributed by atoms with Crippen molar-refractivity contribution in [3.8, 4) is 0 Å². The van der Waals surface area contributed by atoms with Crippen molar-refractivity contribution in [2.45, 2.75) is 109 Å². The topological polar surface area (TPSA) is 205 Å². The molecule has 0 radical (unpaired) electrons. The third kappa shape index (κ3) is 17.7. The Morgan fingerprint density at radius 2 is 1.09 bits per heavy atom. The molecule has 0 bridgehead atoms. The van der Waals surface area contributed by atoms with Crippen LogP contribution in [-0.4, -0.2) is 79.3 Å². The number of ether oxygens (including phenoxy) is 5. The molecule has 2 aromatic heterocycles. The van der Waals surface area contributed by atoms with E-state index in [0.29, 0.717) is 32.2 Å². The van der Waals surface area contributed by atoms with Crippen molar-refractivity contribution in [3.63, 3.8) is 0 Å². The number of amides is 1. The van der Waals surface area contributed by atoms with E-state index in [-0.39, 0.29) is 32.2 Å². The Kier molecular flexibility index (Phi) is 22.0. The van der Waals surface area contributed by atoms with Gasteiger partial charge in [-0.1, -0.05) is 81.6 Å². The highest BCUT2D eigenvalue weighted by atomic mass is 35.5. The van der Waals surface area contributed by atoms with Crippen LogP contribution in [0.5, 0.6) is 0 Å². The van der Waals surface area contributed by atoms with Crippen molar-refractivity contribution < 1.29 is 47.7 Å². The van der Waals surface area contributed by atoms with Gasteiger partial charge in [-0.2, -0.15) is 0 Å². The SMILES string of the molecule is C.CC(C)(C)OC(=O)NC1(C(=O)OCOC(=O)/C=C/c2ccc(Cn3ccnc3)cc2)CCCC1.Cl.Cl.NC1(C(=O)OCOC(=O)/C=C/c2ccc(Cn3ccnc3)cc2)CCCC1. The second-order valence-corrected chi connectivity index (χ2v) is 15.9. The number of carbonyl (C=O) groups excluding carboxylic acids is 5. The summed E-state index contributed by atoms with van der Waals surface area (Å²) >= 11 is 0. The number of imidazole rings is 2. The number of carbonyl (C=O) groups is 5. The predicted octanol–water partition coefficient (Wildman–Crippen LogP) is 7.57. The van der Waals surface area contributed by atoms with Gasteiger partial charge in [0.1, 0.15) is 16.7 Å². The number of aromatic nitrogens is 4. The lowest BCUT2D eigenvalue weighted by atomic mass is 9.98. The molecule has 16 nitrogen and oxygen atoms in total. The van der Waals surface area contributed by atoms with Crippen LogP contribution in [0.15, 0.2) is 98.1 Å². The zero-order chi connectivity index (χ0) is 43.7. The van der Waals surface area contributed by atoms with Crippen LogP contribution >= 0.6 is 24.8 Å². The average Bonchev–Trinajstić information content (AvgIpc) is 4.08. The Labute approximate surface area is 386 Å². The molecule has 2 fully saturated rings. The molecule has 64 heavy (non-hydrogen) atoms. The molecule has 6 rings (SSSR count). The summed E-state index contributed by atoms with van der Waals surface area (Å²) in [5, 5.41) is 2.66. The summed E-state index contributed by atoms with van der Waals surface area (Å²) in [6.07, 6.45) is 21.4. The molecule has 4 aromatic rings. The highest BCUT2D eigenvalue weighted by Crippen LogP contribution is 2.31. The van der Waals surface area contributed by atoms with Gasteiger partial charge >= 0.3 is 30.0 Å². The van der Waals surface area contributed by atoms with Crippen LogP contribution in [0.4, 0.5) is 4.79 Å². The quantitative estimate of drug-likeness (QED) is 0.0512. The fourth-order valence-electron chi connectivity index (χ4n) is 6.71. The molecule has 0 unspecified atom stereocenters. The first kappa shape index (κ1) is 54.2. The summed E-state index contributed by atoms with van der Waals surface area (Å²) in [6.45, 7) is 5.72. The monoisotopic (exact) mass is 926 g/mol. The molecule has 2 saturated carbocycles. The molecule has 0 aliphatic heterocycles. The lowest BCUT2D eigenvalue weighted by Gasteiger charge is -2.29. The molecular weight excluding hydrogens is 867 g/mol. The molecule has 2 aromatic carbocycles. The predicted molar refractivity (Wildman–Crippen MR) is 245 cm³/mol. The van der Waals surface area contributed by atoms with Gasteiger partial charge in [-0.15, -0.1) is 24.8 Å². The number of nitrogens with one attached hydrogen (secondary N) is 1. The summed E-state index contributed by atoms with van der Waals surface area (Å²) < 4.78 is 29.2. The molecule has 348 valence electrons. The largest absolute Gasteiger partial charge is 0.444 e. The fraction of sp³-hybridized carbons (Fsp3) is 0.413. The number of nitrogens with zero attached hydrogens (tertiary/aromatic N) is 4. The van der Waals surface area contributed by atoms with Crippen LogP contribution in [0.3, 0.4) is 0 Å². The van der Waals surface area contributed by atoms with E-state index in [1.165, 1.54) is 12.2 Å². The highest BCUT2D eigenvalue weighted by Gasteiger charge is 2.45. The third-order valence-corrected chi connectivity index (χ3v) is 9.90. The van der Waals surface area contributed by atoms with E-state index in [9.17, 15) is 24.0 Å². The van der Waals surface area contributed by atoms with Gasteiger partial charge in [0.05, 0.1) is 12.7 Å². The number of alkyl carbamates (subject to hydrolysis) is 1. The van der Waals surface area contributed by atoms with Crippen molar-refractivity contribution in [2.24, 2.45) is 5.73 Å². The van der Waals surface area contributed by atoms with Crippen molar-refractivity contribution in [1.29, 1.82) is 0 Å². The minimum atomic E-state index is -1.16. The van der Waals surface area contributed by atoms with Crippen molar-refractivity contribution in [1.82, 2.24) is 24.4 Å². The van der Waals surface area contributed by atoms with E-state index >= 15 is 0 Å². The maximum Gasteiger partial charge on any atom is 0.408 e. The zero-order valence-electron chi connectivity index (χ0n) is 35.6. The molecular formula is C46H60Cl2N6O10. The Bertz CT molecular complexity index is 2110. The maximum atomic E-state index is 12.7. The van der Waals surface area contributed by atoms with Crippen LogP contribution in [0.2, 0.25) is 0 Å². The van der Waals surface area contributed by atoms with E-state index in [4.69, 9.17) is 29.4 Å². The number of esters is 4. The van der Waals surface area contributed by atoms with E-state index in [0.717, 1.165) is 54.5 Å². The minimum Gasteiger partial charge on any atom is -0.444 e. The number of nitrogens with two attached hydrogens (primary N) is 1. The van der Waals surface area contributed by atoms with E-state index in [2.05, 4.69) is 15.3 Å². The molecule has 0 saturated heterocycles.